The van der Waals surface area contributed by atoms with Crippen LogP contribution in [-0.4, -0.2) is 12.6 Å². The van der Waals surface area contributed by atoms with E-state index in [1.807, 2.05) is 0 Å². The molecule has 2 heteroatoms. The molecule has 0 aliphatic carbocycles. The van der Waals surface area contributed by atoms with E-state index in [1.165, 1.54) is 89.9 Å². The second-order valence-corrected chi connectivity index (χ2v) is 8.46. The minimum absolute atomic E-state index is 0.00492. The third-order valence-corrected chi connectivity index (χ3v) is 5.17. The maximum atomic E-state index is 11.5. The van der Waals surface area contributed by atoms with E-state index in [4.69, 9.17) is 4.74 Å². The van der Waals surface area contributed by atoms with E-state index >= 15 is 0 Å². The predicted octanol–water partition coefficient (Wildman–Crippen LogP) is 8.23. The largest absolute Gasteiger partial charge is 0.466 e. The Kier molecular flexibility index (Phi) is 20.4. The van der Waals surface area contributed by atoms with Crippen LogP contribution >= 0.6 is 0 Å². The summed E-state index contributed by atoms with van der Waals surface area (Å²) in [7, 11) is 0. The number of ether oxygens (including phenoxy) is 1. The molecule has 0 aromatic rings. The van der Waals surface area contributed by atoms with Gasteiger partial charge in [0, 0.05) is 6.42 Å². The van der Waals surface area contributed by atoms with Crippen molar-refractivity contribution in [3.63, 3.8) is 0 Å². The molecule has 0 atom stereocenters. The lowest BCUT2D eigenvalue weighted by Crippen LogP contribution is -2.05. The zero-order chi connectivity index (χ0) is 19.3. The third-order valence-electron chi connectivity index (χ3n) is 5.17. The van der Waals surface area contributed by atoms with E-state index in [0.717, 1.165) is 25.2 Å². The lowest BCUT2D eigenvalue weighted by molar-refractivity contribution is -0.143. The van der Waals surface area contributed by atoms with Crippen LogP contribution in [0.1, 0.15) is 136 Å². The maximum Gasteiger partial charge on any atom is 0.305 e. The van der Waals surface area contributed by atoms with Crippen molar-refractivity contribution in [1.29, 1.82) is 0 Å². The van der Waals surface area contributed by atoms with Crippen molar-refractivity contribution in [2.45, 2.75) is 136 Å². The highest BCUT2D eigenvalue weighted by molar-refractivity contribution is 5.69. The summed E-state index contributed by atoms with van der Waals surface area (Å²) in [6.07, 6.45) is 22.8. The van der Waals surface area contributed by atoms with Gasteiger partial charge in [-0.05, 0) is 18.8 Å². The molecule has 0 saturated heterocycles. The first-order chi connectivity index (χ1) is 12.7. The van der Waals surface area contributed by atoms with Gasteiger partial charge in [0.25, 0.3) is 0 Å². The average molecular weight is 369 g/mol. The van der Waals surface area contributed by atoms with Crippen LogP contribution in [-0.2, 0) is 9.53 Å². The molecule has 0 unspecified atom stereocenters. The standard InChI is InChI=1S/C24H48O2/c1-4-5-6-18-21-24(25)26-22-19-16-14-12-10-8-7-9-11-13-15-17-20-23(2)3/h23H,4-22H2,1-3H3. The molecule has 0 fully saturated rings. The van der Waals surface area contributed by atoms with E-state index in [9.17, 15) is 4.79 Å². The molecule has 0 saturated carbocycles. The molecular weight excluding hydrogens is 320 g/mol. The average Bonchev–Trinajstić information content (AvgIpc) is 2.61. The molecule has 0 N–H and O–H groups in total. The second-order valence-electron chi connectivity index (χ2n) is 8.46. The topological polar surface area (TPSA) is 26.3 Å². The minimum atomic E-state index is 0.00492. The number of carbonyl (C=O) groups is 1. The Morgan fingerprint density at radius 1 is 0.654 bits per heavy atom. The van der Waals surface area contributed by atoms with Gasteiger partial charge in [0.1, 0.15) is 0 Å². The van der Waals surface area contributed by atoms with E-state index in [-0.39, 0.29) is 5.97 Å². The monoisotopic (exact) mass is 368 g/mol. The molecule has 0 rings (SSSR count). The van der Waals surface area contributed by atoms with Crippen LogP contribution in [0.4, 0.5) is 0 Å². The highest BCUT2D eigenvalue weighted by Crippen LogP contribution is 2.14. The summed E-state index contributed by atoms with van der Waals surface area (Å²) in [5.74, 6) is 0.878. The molecule has 0 radical (unpaired) electrons. The Bertz CT molecular complexity index is 286. The van der Waals surface area contributed by atoms with Crippen LogP contribution in [0.25, 0.3) is 0 Å². The molecule has 0 aromatic carbocycles. The summed E-state index contributed by atoms with van der Waals surface area (Å²) in [4.78, 5) is 11.5. The van der Waals surface area contributed by atoms with Gasteiger partial charge in [-0.3, -0.25) is 4.79 Å². The molecule has 0 heterocycles. The van der Waals surface area contributed by atoms with Crippen LogP contribution in [0.15, 0.2) is 0 Å². The summed E-state index contributed by atoms with van der Waals surface area (Å²) in [5, 5.41) is 0. The molecular formula is C24H48O2. The Hall–Kier alpha value is -0.530. The van der Waals surface area contributed by atoms with E-state index in [2.05, 4.69) is 20.8 Å². The Labute approximate surface area is 164 Å². The molecule has 0 amide bonds. The quantitative estimate of drug-likeness (QED) is 0.160. The maximum absolute atomic E-state index is 11.5. The predicted molar refractivity (Wildman–Crippen MR) is 115 cm³/mol. The summed E-state index contributed by atoms with van der Waals surface area (Å²) in [6.45, 7) is 7.46. The zero-order valence-corrected chi connectivity index (χ0v) is 18.3. The Morgan fingerprint density at radius 3 is 1.62 bits per heavy atom. The van der Waals surface area contributed by atoms with Crippen molar-refractivity contribution in [3.05, 3.63) is 0 Å². The molecule has 0 aliphatic rings. The second kappa shape index (κ2) is 20.8. The van der Waals surface area contributed by atoms with Gasteiger partial charge < -0.3 is 4.74 Å². The van der Waals surface area contributed by atoms with Gasteiger partial charge in [-0.15, -0.1) is 0 Å². The van der Waals surface area contributed by atoms with Crippen molar-refractivity contribution in [1.82, 2.24) is 0 Å². The first-order valence-corrected chi connectivity index (χ1v) is 11.8. The minimum Gasteiger partial charge on any atom is -0.466 e. The van der Waals surface area contributed by atoms with Gasteiger partial charge >= 0.3 is 5.97 Å². The molecule has 0 aromatic heterocycles. The molecule has 2 nitrogen and oxygen atoms in total. The number of carbonyl (C=O) groups excluding carboxylic acids is 1. The van der Waals surface area contributed by atoms with Crippen LogP contribution in [0.2, 0.25) is 0 Å². The van der Waals surface area contributed by atoms with E-state index in [0.29, 0.717) is 13.0 Å². The molecule has 156 valence electrons. The summed E-state index contributed by atoms with van der Waals surface area (Å²) in [5.41, 5.74) is 0. The number of hydrogen-bond donors (Lipinski definition) is 0. The first-order valence-electron chi connectivity index (χ1n) is 11.8. The highest BCUT2D eigenvalue weighted by atomic mass is 16.5. The van der Waals surface area contributed by atoms with Crippen LogP contribution in [0.3, 0.4) is 0 Å². The fourth-order valence-electron chi connectivity index (χ4n) is 3.38. The SMILES string of the molecule is CCCCCCC(=O)OCCCCCCCCCCCCCCC(C)C. The van der Waals surface area contributed by atoms with Crippen LogP contribution in [0, 0.1) is 5.92 Å². The van der Waals surface area contributed by atoms with Crippen molar-refractivity contribution in [2.24, 2.45) is 5.92 Å². The summed E-state index contributed by atoms with van der Waals surface area (Å²) >= 11 is 0. The number of esters is 1. The normalized spacial score (nSPS) is 11.2. The Balaban J connectivity index is 3.10. The zero-order valence-electron chi connectivity index (χ0n) is 18.3. The number of unbranched alkanes of at least 4 members (excludes halogenated alkanes) is 14. The smallest absolute Gasteiger partial charge is 0.305 e. The van der Waals surface area contributed by atoms with Crippen LogP contribution in [0.5, 0.6) is 0 Å². The fourth-order valence-corrected chi connectivity index (χ4v) is 3.38. The third kappa shape index (κ3) is 21.5. The van der Waals surface area contributed by atoms with Crippen molar-refractivity contribution >= 4 is 5.97 Å². The van der Waals surface area contributed by atoms with E-state index in [1.54, 1.807) is 0 Å². The summed E-state index contributed by atoms with van der Waals surface area (Å²) < 4.78 is 5.30. The summed E-state index contributed by atoms with van der Waals surface area (Å²) in [6, 6.07) is 0. The number of hydrogen-bond acceptors (Lipinski definition) is 2. The molecule has 0 aliphatic heterocycles. The van der Waals surface area contributed by atoms with Gasteiger partial charge in [-0.25, -0.2) is 0 Å². The van der Waals surface area contributed by atoms with Gasteiger partial charge in [0.15, 0.2) is 0 Å². The Morgan fingerprint density at radius 2 is 1.12 bits per heavy atom. The van der Waals surface area contributed by atoms with Crippen molar-refractivity contribution in [2.75, 3.05) is 6.61 Å². The molecule has 0 spiro atoms. The van der Waals surface area contributed by atoms with Crippen molar-refractivity contribution in [3.8, 4) is 0 Å². The van der Waals surface area contributed by atoms with Crippen molar-refractivity contribution < 1.29 is 9.53 Å². The highest BCUT2D eigenvalue weighted by Gasteiger charge is 2.02. The van der Waals surface area contributed by atoms with Gasteiger partial charge in [0.05, 0.1) is 6.61 Å². The first kappa shape index (κ1) is 25.5. The molecule has 0 bridgehead atoms. The van der Waals surface area contributed by atoms with E-state index < -0.39 is 0 Å². The molecule has 26 heavy (non-hydrogen) atoms. The lowest BCUT2D eigenvalue weighted by Gasteiger charge is -2.05. The lowest BCUT2D eigenvalue weighted by atomic mass is 10.0. The fraction of sp³-hybridized carbons (Fsp3) is 0.958. The van der Waals surface area contributed by atoms with Gasteiger partial charge in [-0.2, -0.15) is 0 Å². The van der Waals surface area contributed by atoms with Gasteiger partial charge in [0.2, 0.25) is 0 Å². The van der Waals surface area contributed by atoms with Gasteiger partial charge in [-0.1, -0.05) is 117 Å². The van der Waals surface area contributed by atoms with Crippen LogP contribution < -0.4 is 0 Å². The number of rotatable bonds is 20.